The fraction of sp³-hybridized carbons (Fsp3) is 0.478. The Kier molecular flexibility index (Phi) is 7.66. The predicted octanol–water partition coefficient (Wildman–Crippen LogP) is 5.54. The van der Waals surface area contributed by atoms with E-state index in [1.807, 2.05) is 27.7 Å². The van der Waals surface area contributed by atoms with Crippen LogP contribution in [0.1, 0.15) is 63.9 Å². The molecule has 0 amide bonds. The van der Waals surface area contributed by atoms with Gasteiger partial charge in [0.05, 0.1) is 18.9 Å². The first kappa shape index (κ1) is 23.2. The molecule has 0 N–H and O–H groups in total. The maximum Gasteiger partial charge on any atom is 0.251 e. The molecule has 0 aliphatic carbocycles. The molecule has 1 atom stereocenters. The fourth-order valence-electron chi connectivity index (χ4n) is 3.09. The van der Waals surface area contributed by atoms with Gasteiger partial charge in [-0.3, -0.25) is 9.59 Å². The number of ketones is 1. The molecular weight excluding hydrogens is 390 g/mol. The maximum absolute atomic E-state index is 12.9. The minimum absolute atomic E-state index is 0.0180. The molecule has 6 heteroatoms. The first-order valence-electron chi connectivity index (χ1n) is 9.84. The van der Waals surface area contributed by atoms with Crippen LogP contribution >= 0.6 is 11.6 Å². The van der Waals surface area contributed by atoms with Crippen LogP contribution in [0.15, 0.2) is 35.3 Å². The van der Waals surface area contributed by atoms with E-state index >= 15 is 0 Å². The lowest BCUT2D eigenvalue weighted by Gasteiger charge is -2.22. The first-order valence-corrected chi connectivity index (χ1v) is 10.2. The van der Waals surface area contributed by atoms with E-state index in [0.717, 1.165) is 0 Å². The Balaban J connectivity index is 2.45. The second-order valence-electron chi connectivity index (χ2n) is 8.07. The van der Waals surface area contributed by atoms with Crippen LogP contribution in [0, 0.1) is 0 Å². The van der Waals surface area contributed by atoms with E-state index in [2.05, 4.69) is 0 Å². The molecule has 1 aromatic carbocycles. The molecule has 158 valence electrons. The number of carbonyl (C=O) groups is 1. The lowest BCUT2D eigenvalue weighted by molar-refractivity contribution is -0.00801. The number of halogens is 1. The van der Waals surface area contributed by atoms with Gasteiger partial charge in [-0.15, -0.1) is 0 Å². The van der Waals surface area contributed by atoms with Crippen molar-refractivity contribution >= 4 is 17.4 Å². The van der Waals surface area contributed by atoms with Crippen molar-refractivity contribution in [2.75, 3.05) is 13.7 Å². The van der Waals surface area contributed by atoms with Crippen molar-refractivity contribution in [3.63, 3.8) is 0 Å². The predicted molar refractivity (Wildman–Crippen MR) is 117 cm³/mol. The van der Waals surface area contributed by atoms with Crippen LogP contribution in [0.2, 0.25) is 5.02 Å². The van der Waals surface area contributed by atoms with Gasteiger partial charge in [0, 0.05) is 41.3 Å². The van der Waals surface area contributed by atoms with Crippen molar-refractivity contribution < 1.29 is 14.3 Å². The number of methoxy groups -OCH3 is 1. The number of Topliss-reactive ketones (excluding diaryl/α,β-unsaturated/α-hetero) is 1. The van der Waals surface area contributed by atoms with Crippen LogP contribution < -0.4 is 10.3 Å². The van der Waals surface area contributed by atoms with Crippen molar-refractivity contribution in [1.29, 1.82) is 0 Å². The number of pyridine rings is 1. The van der Waals surface area contributed by atoms with E-state index in [-0.39, 0.29) is 23.0 Å². The number of aromatic nitrogens is 1. The second-order valence-corrected chi connectivity index (χ2v) is 8.50. The zero-order valence-electron chi connectivity index (χ0n) is 18.0. The third-order valence-corrected chi connectivity index (χ3v) is 4.94. The molecule has 0 spiro atoms. The highest BCUT2D eigenvalue weighted by Crippen LogP contribution is 2.34. The normalized spacial score (nSPS) is 12.7. The second kappa shape index (κ2) is 9.59. The molecule has 2 rings (SSSR count). The van der Waals surface area contributed by atoms with Gasteiger partial charge >= 0.3 is 0 Å². The molecule has 1 aromatic heterocycles. The van der Waals surface area contributed by atoms with Crippen LogP contribution in [-0.4, -0.2) is 29.7 Å². The summed E-state index contributed by atoms with van der Waals surface area (Å²) >= 11 is 6.18. The zero-order chi connectivity index (χ0) is 21.8. The molecule has 0 fully saturated rings. The van der Waals surface area contributed by atoms with Crippen molar-refractivity contribution in [1.82, 2.24) is 4.57 Å². The smallest absolute Gasteiger partial charge is 0.251 e. The minimum Gasteiger partial charge on any atom is -0.495 e. The lowest BCUT2D eigenvalue weighted by Crippen LogP contribution is -2.26. The van der Waals surface area contributed by atoms with E-state index in [9.17, 15) is 9.59 Å². The Morgan fingerprint density at radius 3 is 2.48 bits per heavy atom. The summed E-state index contributed by atoms with van der Waals surface area (Å²) in [4.78, 5) is 25.3. The van der Waals surface area contributed by atoms with Crippen LogP contribution in [0.5, 0.6) is 5.75 Å². The molecule has 0 saturated carbocycles. The van der Waals surface area contributed by atoms with Crippen molar-refractivity contribution in [2.24, 2.45) is 0 Å². The largest absolute Gasteiger partial charge is 0.495 e. The quantitative estimate of drug-likeness (QED) is 0.527. The summed E-state index contributed by atoms with van der Waals surface area (Å²) in [7, 11) is 1.55. The Morgan fingerprint density at radius 1 is 1.21 bits per heavy atom. The van der Waals surface area contributed by atoms with Crippen LogP contribution in [0.3, 0.4) is 0 Å². The average Bonchev–Trinajstić information content (AvgIpc) is 2.65. The average molecular weight is 420 g/mol. The summed E-state index contributed by atoms with van der Waals surface area (Å²) in [6, 6.07) is 6.52. The summed E-state index contributed by atoms with van der Waals surface area (Å²) in [5.74, 6) is 0.496. The Morgan fingerprint density at radius 2 is 1.90 bits per heavy atom. The van der Waals surface area contributed by atoms with E-state index in [0.29, 0.717) is 46.9 Å². The fourth-order valence-corrected chi connectivity index (χ4v) is 3.27. The van der Waals surface area contributed by atoms with Gasteiger partial charge in [0.2, 0.25) is 0 Å². The highest BCUT2D eigenvalue weighted by Gasteiger charge is 2.19. The van der Waals surface area contributed by atoms with Gasteiger partial charge in [-0.25, -0.2) is 0 Å². The van der Waals surface area contributed by atoms with Crippen LogP contribution in [-0.2, 0) is 4.74 Å². The summed E-state index contributed by atoms with van der Waals surface area (Å²) < 4.78 is 13.0. The molecule has 1 heterocycles. The van der Waals surface area contributed by atoms with Gasteiger partial charge in [-0.1, -0.05) is 18.5 Å². The van der Waals surface area contributed by atoms with E-state index < -0.39 is 0 Å². The van der Waals surface area contributed by atoms with Gasteiger partial charge in [-0.2, -0.15) is 0 Å². The number of rotatable bonds is 8. The van der Waals surface area contributed by atoms with Crippen molar-refractivity contribution in [3.8, 4) is 16.9 Å². The topological polar surface area (TPSA) is 57.5 Å². The zero-order valence-corrected chi connectivity index (χ0v) is 18.8. The van der Waals surface area contributed by atoms with Gasteiger partial charge in [0.15, 0.2) is 5.78 Å². The molecule has 29 heavy (non-hydrogen) atoms. The molecule has 1 unspecified atom stereocenters. The van der Waals surface area contributed by atoms with E-state index in [1.54, 1.807) is 43.0 Å². The number of carbonyl (C=O) groups excluding carboxylic acids is 1. The summed E-state index contributed by atoms with van der Waals surface area (Å²) in [5, 5.41) is 0.492. The first-order chi connectivity index (χ1) is 13.6. The van der Waals surface area contributed by atoms with Crippen molar-refractivity contribution in [2.45, 2.75) is 59.1 Å². The molecule has 5 nitrogen and oxygen atoms in total. The van der Waals surface area contributed by atoms with E-state index in [1.165, 1.54) is 6.07 Å². The Hall–Kier alpha value is -2.11. The number of ether oxygens (including phenoxy) is 2. The number of hydrogen-bond acceptors (Lipinski definition) is 4. The van der Waals surface area contributed by atoms with E-state index in [4.69, 9.17) is 21.1 Å². The van der Waals surface area contributed by atoms with Crippen LogP contribution in [0.25, 0.3) is 11.1 Å². The SMILES string of the molecule is CCC(=O)c1ccc(Cl)cc1-c1cc(=O)n(C(C)CCOC(C)(C)C)cc1OC. The van der Waals surface area contributed by atoms with Gasteiger partial charge < -0.3 is 14.0 Å². The number of nitrogens with zero attached hydrogens (tertiary/aromatic N) is 1. The molecule has 0 bridgehead atoms. The highest BCUT2D eigenvalue weighted by molar-refractivity contribution is 6.31. The summed E-state index contributed by atoms with van der Waals surface area (Å²) in [5.41, 5.74) is 1.30. The van der Waals surface area contributed by atoms with Gasteiger partial charge in [0.25, 0.3) is 5.56 Å². The third-order valence-electron chi connectivity index (χ3n) is 4.70. The highest BCUT2D eigenvalue weighted by atomic mass is 35.5. The number of hydrogen-bond donors (Lipinski definition) is 0. The summed E-state index contributed by atoms with van der Waals surface area (Å²) in [6.45, 7) is 10.3. The lowest BCUT2D eigenvalue weighted by atomic mass is 9.96. The molecule has 2 aromatic rings. The molecule has 0 aliphatic rings. The molecular formula is C23H30ClNO4. The maximum atomic E-state index is 12.9. The Bertz CT molecular complexity index is 927. The van der Waals surface area contributed by atoms with Crippen molar-refractivity contribution in [3.05, 3.63) is 51.4 Å². The van der Waals surface area contributed by atoms with Gasteiger partial charge in [0.1, 0.15) is 5.75 Å². The molecule has 0 aliphatic heterocycles. The molecule has 0 radical (unpaired) electrons. The van der Waals surface area contributed by atoms with Crippen LogP contribution in [0.4, 0.5) is 0 Å². The number of benzene rings is 1. The van der Waals surface area contributed by atoms with Gasteiger partial charge in [-0.05, 0) is 57.9 Å². The summed E-state index contributed by atoms with van der Waals surface area (Å²) in [6.07, 6.45) is 2.75. The Labute approximate surface area is 177 Å². The monoisotopic (exact) mass is 419 g/mol. The third kappa shape index (κ3) is 5.94. The standard InChI is InChI=1S/C23H30ClNO4/c1-7-20(26)17-9-8-16(24)12-18(17)19-13-22(27)25(14-21(19)28-6)15(2)10-11-29-23(3,4)5/h8-9,12-15H,7,10-11H2,1-6H3. The minimum atomic E-state index is -0.221. The molecule has 0 saturated heterocycles.